The number of anilines is 2. The fourth-order valence-electron chi connectivity index (χ4n) is 10.4. The molecule has 9 rings (SSSR count). The number of benzene rings is 1. The van der Waals surface area contributed by atoms with E-state index in [1.807, 2.05) is 18.2 Å². The first-order valence-electron chi connectivity index (χ1n) is 18.0. The second-order valence-electron chi connectivity index (χ2n) is 15.4. The molecule has 0 unspecified atom stereocenters. The maximum Gasteiger partial charge on any atom is 0.434 e. The molecule has 7 aliphatic rings. The van der Waals surface area contributed by atoms with Gasteiger partial charge in [0.05, 0.1) is 12.2 Å². The zero-order valence-electron chi connectivity index (χ0n) is 27.7. The number of ether oxygens (including phenoxy) is 2. The number of nitrogens with two attached hydrogens (primary N) is 1. The van der Waals surface area contributed by atoms with Crippen molar-refractivity contribution in [3.63, 3.8) is 0 Å². The number of carbonyl (C=O) groups excluding carboxylic acids is 2. The topological polar surface area (TPSA) is 132 Å². The average Bonchev–Trinajstić information content (AvgIpc) is 3.38. The van der Waals surface area contributed by atoms with Gasteiger partial charge in [-0.15, -0.1) is 0 Å². The van der Waals surface area contributed by atoms with Crippen molar-refractivity contribution in [3.8, 4) is 5.75 Å². The first-order valence-corrected chi connectivity index (χ1v) is 18.0. The van der Waals surface area contributed by atoms with E-state index in [9.17, 15) is 22.8 Å². The van der Waals surface area contributed by atoms with Gasteiger partial charge in [0.2, 0.25) is 11.9 Å². The van der Waals surface area contributed by atoms with Crippen molar-refractivity contribution in [1.29, 1.82) is 0 Å². The number of piperidine rings is 1. The van der Waals surface area contributed by atoms with Gasteiger partial charge in [0.25, 0.3) is 5.91 Å². The van der Waals surface area contributed by atoms with Crippen LogP contribution in [-0.4, -0.2) is 66.8 Å². The van der Waals surface area contributed by atoms with Gasteiger partial charge in [-0.2, -0.15) is 13.2 Å². The smallest absolute Gasteiger partial charge is 0.434 e. The molecule has 1 spiro atoms. The number of fused-ring (bicyclic) bond motifs is 2. The van der Waals surface area contributed by atoms with Crippen LogP contribution in [0.15, 0.2) is 24.4 Å². The Balaban J connectivity index is 1.08. The van der Waals surface area contributed by atoms with Crippen molar-refractivity contribution in [2.45, 2.75) is 81.3 Å². The lowest BCUT2D eigenvalue weighted by molar-refractivity contribution is -0.142. The number of hydrogen-bond donors (Lipinski definition) is 3. The molecule has 2 amide bonds. The van der Waals surface area contributed by atoms with E-state index in [0.717, 1.165) is 114 Å². The minimum Gasteiger partial charge on any atom is -0.494 e. The third kappa shape index (κ3) is 5.74. The summed E-state index contributed by atoms with van der Waals surface area (Å²) < 4.78 is 55.9. The molecular formula is C36H45F3N6O4. The summed E-state index contributed by atoms with van der Waals surface area (Å²) >= 11 is 0. The number of alkyl halides is 3. The highest BCUT2D eigenvalue weighted by atomic mass is 19.4. The third-order valence-corrected chi connectivity index (χ3v) is 12.7. The van der Waals surface area contributed by atoms with Gasteiger partial charge in [0.15, 0.2) is 5.69 Å². The second-order valence-corrected chi connectivity index (χ2v) is 15.4. The molecular weight excluding hydrogens is 637 g/mol. The normalized spacial score (nSPS) is 30.4. The largest absolute Gasteiger partial charge is 0.494 e. The van der Waals surface area contributed by atoms with Gasteiger partial charge in [-0.1, -0.05) is 0 Å². The van der Waals surface area contributed by atoms with Crippen LogP contribution in [0.2, 0.25) is 0 Å². The van der Waals surface area contributed by atoms with Gasteiger partial charge in [-0.3, -0.25) is 9.59 Å². The van der Waals surface area contributed by atoms with Gasteiger partial charge in [-0.25, -0.2) is 9.97 Å². The fraction of sp³-hybridized carbons (Fsp3) is 0.667. The minimum atomic E-state index is -4.94. The number of aromatic nitrogens is 2. The summed E-state index contributed by atoms with van der Waals surface area (Å²) in [7, 11) is 0. The van der Waals surface area contributed by atoms with Crippen molar-refractivity contribution >= 4 is 23.5 Å². The summed E-state index contributed by atoms with van der Waals surface area (Å²) in [6.07, 6.45) is 4.71. The number of amides is 2. The SMILES string of the molecule is NC(=O)C1(NC(=O)c2cnc(N3CC4(CCNCC4)c4cc(OCCC5CCOCC5)ccc43)nc2C(F)(F)F)C2CC3CC(C2)CC1C3. The van der Waals surface area contributed by atoms with Crippen LogP contribution in [0.25, 0.3) is 0 Å². The van der Waals surface area contributed by atoms with E-state index < -0.39 is 34.8 Å². The highest BCUT2D eigenvalue weighted by Crippen LogP contribution is 2.58. The van der Waals surface area contributed by atoms with Gasteiger partial charge < -0.3 is 30.7 Å². The Morgan fingerprint density at radius 3 is 2.41 bits per heavy atom. The van der Waals surface area contributed by atoms with Crippen molar-refractivity contribution in [1.82, 2.24) is 20.6 Å². The number of primary amides is 1. The summed E-state index contributed by atoms with van der Waals surface area (Å²) in [5.41, 5.74) is 4.02. The molecule has 4 heterocycles. The predicted molar refractivity (Wildman–Crippen MR) is 174 cm³/mol. The molecule has 0 radical (unpaired) electrons. The lowest BCUT2D eigenvalue weighted by Gasteiger charge is -2.59. The molecule has 4 aliphatic carbocycles. The second kappa shape index (κ2) is 12.4. The molecule has 6 fully saturated rings. The van der Waals surface area contributed by atoms with E-state index >= 15 is 0 Å². The summed E-state index contributed by atoms with van der Waals surface area (Å²) in [6.45, 7) is 4.13. The monoisotopic (exact) mass is 682 g/mol. The maximum absolute atomic E-state index is 14.7. The Labute approximate surface area is 284 Å². The first-order chi connectivity index (χ1) is 23.6. The molecule has 4 saturated carbocycles. The van der Waals surface area contributed by atoms with Crippen LogP contribution < -0.4 is 26.0 Å². The van der Waals surface area contributed by atoms with E-state index in [4.69, 9.17) is 15.2 Å². The molecule has 4 bridgehead atoms. The lowest BCUT2D eigenvalue weighted by Crippen LogP contribution is -2.71. The Bertz CT molecular complexity index is 1580. The van der Waals surface area contributed by atoms with Crippen LogP contribution >= 0.6 is 0 Å². The maximum atomic E-state index is 14.7. The molecule has 3 aliphatic heterocycles. The summed E-state index contributed by atoms with van der Waals surface area (Å²) in [5.74, 6) is 0.0794. The Kier molecular flexibility index (Phi) is 8.28. The number of nitrogens with zero attached hydrogens (tertiary/aromatic N) is 3. The molecule has 0 atom stereocenters. The molecule has 2 saturated heterocycles. The van der Waals surface area contributed by atoms with E-state index in [2.05, 4.69) is 20.6 Å². The molecule has 49 heavy (non-hydrogen) atoms. The van der Waals surface area contributed by atoms with Crippen LogP contribution in [-0.2, 0) is 21.1 Å². The van der Waals surface area contributed by atoms with Gasteiger partial charge in [0.1, 0.15) is 11.3 Å². The van der Waals surface area contributed by atoms with Crippen molar-refractivity contribution in [2.24, 2.45) is 35.3 Å². The number of nitrogens with one attached hydrogen (secondary N) is 2. The third-order valence-electron chi connectivity index (χ3n) is 12.7. The summed E-state index contributed by atoms with van der Waals surface area (Å²) in [4.78, 5) is 37.0. The standard InChI is InChI=1S/C36H45F3N6O4/c37-36(38,39)30-27(31(46)44-35(32(40)47)24-14-22-13-23(16-24)17-25(35)15-22)19-42-33(43-30)45-20-34(6-8-41-9-7-34)28-18-26(1-2-29(28)45)49-12-5-21-3-10-48-11-4-21/h1-2,18-19,21-25,41H,3-17,20H2,(H2,40,47)(H,44,46). The Morgan fingerprint density at radius 1 is 1.06 bits per heavy atom. The van der Waals surface area contributed by atoms with E-state index in [0.29, 0.717) is 30.9 Å². The predicted octanol–water partition coefficient (Wildman–Crippen LogP) is 4.87. The van der Waals surface area contributed by atoms with Crippen LogP contribution in [0.5, 0.6) is 5.75 Å². The number of halogens is 3. The van der Waals surface area contributed by atoms with E-state index in [1.165, 1.54) is 0 Å². The number of rotatable bonds is 8. The Hall–Kier alpha value is -3.45. The minimum absolute atomic E-state index is 0.118. The quantitative estimate of drug-likeness (QED) is 0.360. The Morgan fingerprint density at radius 2 is 1.76 bits per heavy atom. The molecule has 13 heteroatoms. The zero-order chi connectivity index (χ0) is 34.0. The average molecular weight is 683 g/mol. The molecule has 1 aromatic heterocycles. The summed E-state index contributed by atoms with van der Waals surface area (Å²) in [5, 5.41) is 6.17. The van der Waals surface area contributed by atoms with Crippen molar-refractivity contribution < 1.29 is 32.2 Å². The molecule has 1 aromatic carbocycles. The first kappa shape index (κ1) is 32.7. The summed E-state index contributed by atoms with van der Waals surface area (Å²) in [6, 6.07) is 5.78. The van der Waals surface area contributed by atoms with Gasteiger partial charge in [0, 0.05) is 37.1 Å². The highest BCUT2D eigenvalue weighted by molar-refractivity contribution is 6.00. The molecule has 264 valence electrons. The number of hydrogen-bond acceptors (Lipinski definition) is 8. The van der Waals surface area contributed by atoms with Gasteiger partial charge in [-0.05, 0) is 131 Å². The molecule has 2 aromatic rings. The fourth-order valence-corrected chi connectivity index (χ4v) is 10.4. The van der Waals surface area contributed by atoms with E-state index in [-0.39, 0.29) is 23.2 Å². The van der Waals surface area contributed by atoms with Crippen LogP contribution in [0, 0.1) is 29.6 Å². The lowest BCUT2D eigenvalue weighted by atomic mass is 9.48. The van der Waals surface area contributed by atoms with Crippen LogP contribution in [0.4, 0.5) is 24.8 Å². The van der Waals surface area contributed by atoms with Crippen molar-refractivity contribution in [3.05, 3.63) is 41.2 Å². The van der Waals surface area contributed by atoms with Crippen LogP contribution in [0.3, 0.4) is 0 Å². The van der Waals surface area contributed by atoms with Crippen molar-refractivity contribution in [2.75, 3.05) is 44.4 Å². The molecule has 10 nitrogen and oxygen atoms in total. The van der Waals surface area contributed by atoms with E-state index in [1.54, 1.807) is 4.90 Å². The number of carbonyl (C=O) groups is 2. The van der Waals surface area contributed by atoms with Gasteiger partial charge >= 0.3 is 6.18 Å². The molecule has 4 N–H and O–H groups in total. The van der Waals surface area contributed by atoms with Crippen LogP contribution in [0.1, 0.15) is 85.8 Å². The zero-order valence-corrected chi connectivity index (χ0v) is 27.7. The highest BCUT2D eigenvalue weighted by Gasteiger charge is 2.61.